The maximum atomic E-state index is 11.6. The summed E-state index contributed by atoms with van der Waals surface area (Å²) >= 11 is 0. The van der Waals surface area contributed by atoms with Crippen LogP contribution < -0.4 is 0 Å². The van der Waals surface area contributed by atoms with Gasteiger partial charge in [0.1, 0.15) is 25.1 Å². The van der Waals surface area contributed by atoms with E-state index < -0.39 is 17.7 Å². The molecule has 7 heteroatoms. The summed E-state index contributed by atoms with van der Waals surface area (Å²) in [5, 5.41) is 8.26. The molecule has 0 unspecified atom stereocenters. The zero-order chi connectivity index (χ0) is 17.4. The SMILES string of the molecule is CCC(C)(C)C(C)(C)OOC=C(C)C(=O)OCCOC(=O)O. The predicted molar refractivity (Wildman–Crippen MR) is 79.0 cm³/mol. The van der Waals surface area contributed by atoms with Crippen molar-refractivity contribution in [2.45, 2.75) is 53.6 Å². The number of esters is 1. The molecule has 1 N–H and O–H groups in total. The van der Waals surface area contributed by atoms with E-state index in [1.165, 1.54) is 6.92 Å². The fourth-order valence-electron chi connectivity index (χ4n) is 1.18. The molecule has 0 atom stereocenters. The van der Waals surface area contributed by atoms with E-state index in [-0.39, 0.29) is 24.2 Å². The first-order chi connectivity index (χ1) is 10.0. The highest BCUT2D eigenvalue weighted by Gasteiger charge is 2.38. The number of rotatable bonds is 9. The van der Waals surface area contributed by atoms with Crippen molar-refractivity contribution in [2.24, 2.45) is 5.41 Å². The lowest BCUT2D eigenvalue weighted by molar-refractivity contribution is -0.342. The van der Waals surface area contributed by atoms with E-state index in [2.05, 4.69) is 25.5 Å². The summed E-state index contributed by atoms with van der Waals surface area (Å²) in [6.07, 6.45) is 0.645. The quantitative estimate of drug-likeness (QED) is 0.174. The summed E-state index contributed by atoms with van der Waals surface area (Å²) in [5.41, 5.74) is -0.457. The van der Waals surface area contributed by atoms with E-state index in [0.717, 1.165) is 12.7 Å². The van der Waals surface area contributed by atoms with E-state index >= 15 is 0 Å². The lowest BCUT2D eigenvalue weighted by Gasteiger charge is -2.38. The Morgan fingerprint density at radius 3 is 2.14 bits per heavy atom. The molecule has 128 valence electrons. The Balaban J connectivity index is 4.27. The van der Waals surface area contributed by atoms with Gasteiger partial charge in [-0.2, -0.15) is 4.89 Å². The standard InChI is InChI=1S/C15H26O7/c1-7-14(3,4)15(5,6)22-21-10-11(2)12(16)19-8-9-20-13(17)18/h10H,7-9H2,1-6H3,(H,17,18). The van der Waals surface area contributed by atoms with E-state index in [0.29, 0.717) is 0 Å². The molecule has 22 heavy (non-hydrogen) atoms. The average molecular weight is 318 g/mol. The minimum Gasteiger partial charge on any atom is -0.459 e. The lowest BCUT2D eigenvalue weighted by Crippen LogP contribution is -2.40. The Bertz CT molecular complexity index is 410. The summed E-state index contributed by atoms with van der Waals surface area (Å²) in [6, 6.07) is 0. The second-order valence-electron chi connectivity index (χ2n) is 5.98. The number of hydrogen-bond donors (Lipinski definition) is 1. The summed E-state index contributed by atoms with van der Waals surface area (Å²) < 4.78 is 9.01. The molecule has 0 bridgehead atoms. The Kier molecular flexibility index (Phi) is 7.94. The summed E-state index contributed by atoms with van der Waals surface area (Å²) in [6.45, 7) is 11.1. The predicted octanol–water partition coefficient (Wildman–Crippen LogP) is 3.29. The van der Waals surface area contributed by atoms with Gasteiger partial charge in [-0.05, 0) is 32.6 Å². The smallest absolute Gasteiger partial charge is 0.459 e. The van der Waals surface area contributed by atoms with Gasteiger partial charge < -0.3 is 19.5 Å². The van der Waals surface area contributed by atoms with Crippen LogP contribution in [-0.4, -0.2) is 36.0 Å². The molecule has 0 aromatic rings. The molecule has 0 amide bonds. The average Bonchev–Trinajstić information content (AvgIpc) is 2.42. The Hall–Kier alpha value is -1.76. The zero-order valence-electron chi connectivity index (χ0n) is 14.1. The third-order valence-electron chi connectivity index (χ3n) is 3.86. The fraction of sp³-hybridized carbons (Fsp3) is 0.733. The third kappa shape index (κ3) is 6.80. The minimum absolute atomic E-state index is 0.108. The van der Waals surface area contributed by atoms with Gasteiger partial charge in [0.05, 0.1) is 5.57 Å². The number of hydrogen-bond acceptors (Lipinski definition) is 6. The van der Waals surface area contributed by atoms with Crippen LogP contribution in [0.15, 0.2) is 11.8 Å². The molecule has 0 aliphatic rings. The van der Waals surface area contributed by atoms with Crippen molar-refractivity contribution >= 4 is 12.1 Å². The highest BCUT2D eigenvalue weighted by Crippen LogP contribution is 2.36. The van der Waals surface area contributed by atoms with Crippen molar-refractivity contribution in [3.63, 3.8) is 0 Å². The first-order valence-electron chi connectivity index (χ1n) is 7.07. The first-order valence-corrected chi connectivity index (χ1v) is 7.07. The summed E-state index contributed by atoms with van der Waals surface area (Å²) in [4.78, 5) is 32.1. The summed E-state index contributed by atoms with van der Waals surface area (Å²) in [5.74, 6) is -0.634. The van der Waals surface area contributed by atoms with Crippen molar-refractivity contribution in [1.29, 1.82) is 0 Å². The van der Waals surface area contributed by atoms with Crippen LogP contribution >= 0.6 is 0 Å². The molecule has 0 heterocycles. The number of carboxylic acid groups (broad SMARTS) is 1. The second kappa shape index (κ2) is 8.63. The van der Waals surface area contributed by atoms with Crippen LogP contribution in [-0.2, 0) is 24.0 Å². The molecule has 0 aromatic heterocycles. The molecule has 7 nitrogen and oxygen atoms in total. The van der Waals surface area contributed by atoms with E-state index in [4.69, 9.17) is 19.6 Å². The molecule has 0 saturated heterocycles. The van der Waals surface area contributed by atoms with Crippen LogP contribution in [0.5, 0.6) is 0 Å². The lowest BCUT2D eigenvalue weighted by atomic mass is 9.75. The van der Waals surface area contributed by atoms with Gasteiger partial charge in [-0.15, -0.1) is 0 Å². The maximum absolute atomic E-state index is 11.6. The van der Waals surface area contributed by atoms with Gasteiger partial charge in [-0.25, -0.2) is 9.59 Å². The van der Waals surface area contributed by atoms with Gasteiger partial charge in [-0.1, -0.05) is 20.8 Å². The normalized spacial score (nSPS) is 12.7. The molecule has 0 rings (SSSR count). The van der Waals surface area contributed by atoms with Gasteiger partial charge in [0.15, 0.2) is 0 Å². The molecule has 0 radical (unpaired) electrons. The second-order valence-corrected chi connectivity index (χ2v) is 5.98. The molecule has 0 aromatic carbocycles. The van der Waals surface area contributed by atoms with Gasteiger partial charge in [0.2, 0.25) is 0 Å². The number of ether oxygens (including phenoxy) is 2. The van der Waals surface area contributed by atoms with Gasteiger partial charge in [-0.3, -0.25) is 0 Å². The number of carbonyl (C=O) groups is 2. The van der Waals surface area contributed by atoms with Crippen LogP contribution in [0.3, 0.4) is 0 Å². The Morgan fingerprint density at radius 1 is 1.09 bits per heavy atom. The van der Waals surface area contributed by atoms with Crippen molar-refractivity contribution < 1.29 is 33.9 Å². The van der Waals surface area contributed by atoms with Gasteiger partial charge >= 0.3 is 12.1 Å². The third-order valence-corrected chi connectivity index (χ3v) is 3.86. The zero-order valence-corrected chi connectivity index (χ0v) is 14.1. The van der Waals surface area contributed by atoms with E-state index in [1.54, 1.807) is 0 Å². The molecule has 0 aliphatic heterocycles. The van der Waals surface area contributed by atoms with Crippen molar-refractivity contribution in [1.82, 2.24) is 0 Å². The van der Waals surface area contributed by atoms with Crippen LogP contribution in [0.1, 0.15) is 48.0 Å². The number of carbonyl (C=O) groups excluding carboxylic acids is 1. The summed E-state index contributed by atoms with van der Waals surface area (Å²) in [7, 11) is 0. The molecule has 0 fully saturated rings. The minimum atomic E-state index is -1.42. The Morgan fingerprint density at radius 2 is 1.64 bits per heavy atom. The van der Waals surface area contributed by atoms with Crippen LogP contribution in [0.4, 0.5) is 4.79 Å². The van der Waals surface area contributed by atoms with Crippen LogP contribution in [0, 0.1) is 5.41 Å². The monoisotopic (exact) mass is 318 g/mol. The first kappa shape index (κ1) is 20.2. The van der Waals surface area contributed by atoms with Crippen LogP contribution in [0.2, 0.25) is 0 Å². The molecular weight excluding hydrogens is 292 g/mol. The highest BCUT2D eigenvalue weighted by atomic mass is 17.2. The molecular formula is C15H26O7. The molecule has 0 spiro atoms. The largest absolute Gasteiger partial charge is 0.505 e. The van der Waals surface area contributed by atoms with Gasteiger partial charge in [0, 0.05) is 0 Å². The Labute approximate surface area is 131 Å². The molecule has 0 saturated carbocycles. The van der Waals surface area contributed by atoms with Crippen molar-refractivity contribution in [3.8, 4) is 0 Å². The highest BCUT2D eigenvalue weighted by molar-refractivity contribution is 5.87. The van der Waals surface area contributed by atoms with E-state index in [1.807, 2.05) is 13.8 Å². The fourth-order valence-corrected chi connectivity index (χ4v) is 1.18. The van der Waals surface area contributed by atoms with Crippen molar-refractivity contribution in [3.05, 3.63) is 11.8 Å². The molecule has 0 aliphatic carbocycles. The van der Waals surface area contributed by atoms with Gasteiger partial charge in [0.25, 0.3) is 0 Å². The topological polar surface area (TPSA) is 91.3 Å². The van der Waals surface area contributed by atoms with Crippen molar-refractivity contribution in [2.75, 3.05) is 13.2 Å². The maximum Gasteiger partial charge on any atom is 0.505 e. The van der Waals surface area contributed by atoms with E-state index in [9.17, 15) is 9.59 Å². The van der Waals surface area contributed by atoms with Crippen LogP contribution in [0.25, 0.3) is 0 Å².